The molecular weight excluding hydrogens is 226 g/mol. The molecule has 1 heterocycles. The van der Waals surface area contributed by atoms with Crippen LogP contribution in [-0.2, 0) is 6.54 Å². The quantitative estimate of drug-likeness (QED) is 0.836. The predicted molar refractivity (Wildman–Crippen MR) is 72.4 cm³/mol. The van der Waals surface area contributed by atoms with E-state index < -0.39 is 0 Å². The minimum atomic E-state index is -0.0663. The van der Waals surface area contributed by atoms with Crippen molar-refractivity contribution < 1.29 is 5.11 Å². The third-order valence-electron chi connectivity index (χ3n) is 4.03. The van der Waals surface area contributed by atoms with Crippen LogP contribution in [0.25, 0.3) is 0 Å². The van der Waals surface area contributed by atoms with Crippen LogP contribution >= 0.6 is 0 Å². The zero-order chi connectivity index (χ0) is 13.0. The molecule has 1 aliphatic rings. The average molecular weight is 251 g/mol. The summed E-state index contributed by atoms with van der Waals surface area (Å²) < 4.78 is 2.19. The third-order valence-corrected chi connectivity index (χ3v) is 4.03. The van der Waals surface area contributed by atoms with Gasteiger partial charge in [-0.2, -0.15) is 0 Å². The van der Waals surface area contributed by atoms with Gasteiger partial charge in [0.1, 0.15) is 5.82 Å². The molecule has 1 aliphatic carbocycles. The lowest BCUT2D eigenvalue weighted by Crippen LogP contribution is -2.30. The Morgan fingerprint density at radius 1 is 1.50 bits per heavy atom. The Kier molecular flexibility index (Phi) is 4.78. The fourth-order valence-electron chi connectivity index (χ4n) is 2.87. The van der Waals surface area contributed by atoms with Crippen LogP contribution in [0.3, 0.4) is 0 Å². The highest BCUT2D eigenvalue weighted by Crippen LogP contribution is 2.25. The Hall–Kier alpha value is -0.870. The summed E-state index contributed by atoms with van der Waals surface area (Å²) in [5, 5.41) is 9.81. The monoisotopic (exact) mass is 251 g/mol. The first kappa shape index (κ1) is 13.6. The first-order valence-electron chi connectivity index (χ1n) is 7.01. The summed E-state index contributed by atoms with van der Waals surface area (Å²) in [6.45, 7) is 5.19. The van der Waals surface area contributed by atoms with Gasteiger partial charge in [-0.3, -0.25) is 0 Å². The normalized spacial score (nSPS) is 24.0. The lowest BCUT2D eigenvalue weighted by atomic mass is 10.1. The van der Waals surface area contributed by atoms with Crippen molar-refractivity contribution in [3.8, 4) is 0 Å². The maximum absolute atomic E-state index is 9.81. The number of imidazole rings is 1. The summed E-state index contributed by atoms with van der Waals surface area (Å²) >= 11 is 0. The molecule has 102 valence electrons. The Morgan fingerprint density at radius 3 is 2.94 bits per heavy atom. The molecule has 1 saturated carbocycles. The average Bonchev–Trinajstić information content (AvgIpc) is 2.90. The number of aromatic nitrogens is 2. The number of rotatable bonds is 6. The maximum atomic E-state index is 9.81. The maximum Gasteiger partial charge on any atom is 0.105 e. The Balaban J connectivity index is 1.66. The van der Waals surface area contributed by atoms with Crippen molar-refractivity contribution in [2.75, 3.05) is 20.1 Å². The van der Waals surface area contributed by atoms with Gasteiger partial charge in [-0.15, -0.1) is 0 Å². The fourth-order valence-corrected chi connectivity index (χ4v) is 2.87. The van der Waals surface area contributed by atoms with Gasteiger partial charge < -0.3 is 14.6 Å². The summed E-state index contributed by atoms with van der Waals surface area (Å²) in [6.07, 6.45) is 8.33. The van der Waals surface area contributed by atoms with Gasteiger partial charge in [0.05, 0.1) is 6.10 Å². The topological polar surface area (TPSA) is 41.3 Å². The second kappa shape index (κ2) is 6.34. The Bertz CT molecular complexity index is 364. The molecule has 2 unspecified atom stereocenters. The highest BCUT2D eigenvalue weighted by atomic mass is 16.3. The van der Waals surface area contributed by atoms with Crippen LogP contribution in [0, 0.1) is 12.8 Å². The minimum absolute atomic E-state index is 0.0663. The number of aryl methyl sites for hydroxylation is 2. The van der Waals surface area contributed by atoms with Crippen molar-refractivity contribution in [3.05, 3.63) is 18.2 Å². The molecule has 4 nitrogen and oxygen atoms in total. The fraction of sp³-hybridized carbons (Fsp3) is 0.786. The predicted octanol–water partition coefficient (Wildman–Crippen LogP) is 1.67. The zero-order valence-corrected chi connectivity index (χ0v) is 11.5. The molecular formula is C14H25N3O. The van der Waals surface area contributed by atoms with Gasteiger partial charge >= 0.3 is 0 Å². The van der Waals surface area contributed by atoms with E-state index in [9.17, 15) is 5.11 Å². The highest BCUT2D eigenvalue weighted by molar-refractivity contribution is 4.88. The Morgan fingerprint density at radius 2 is 2.33 bits per heavy atom. The van der Waals surface area contributed by atoms with Gasteiger partial charge in [-0.05, 0) is 45.7 Å². The van der Waals surface area contributed by atoms with E-state index in [-0.39, 0.29) is 6.10 Å². The van der Waals surface area contributed by atoms with Crippen molar-refractivity contribution in [1.82, 2.24) is 14.5 Å². The van der Waals surface area contributed by atoms with Gasteiger partial charge in [0, 0.05) is 25.5 Å². The number of aliphatic hydroxyl groups excluding tert-OH is 1. The molecule has 1 N–H and O–H groups in total. The van der Waals surface area contributed by atoms with Gasteiger partial charge in [-0.1, -0.05) is 6.42 Å². The van der Waals surface area contributed by atoms with Crippen LogP contribution in [0.2, 0.25) is 0 Å². The van der Waals surface area contributed by atoms with Crippen LogP contribution < -0.4 is 0 Å². The molecule has 0 spiro atoms. The molecule has 0 aliphatic heterocycles. The van der Waals surface area contributed by atoms with Crippen molar-refractivity contribution in [3.63, 3.8) is 0 Å². The number of aliphatic hydroxyl groups is 1. The molecule has 2 rings (SSSR count). The largest absolute Gasteiger partial charge is 0.393 e. The standard InChI is InChI=1S/C14H25N3O/c1-12-15-7-10-17(12)9-4-8-16(2)11-13-5-3-6-14(13)18/h7,10,13-14,18H,3-6,8-9,11H2,1-2H3. The number of hydrogen-bond acceptors (Lipinski definition) is 3. The van der Waals surface area contributed by atoms with E-state index in [0.717, 1.165) is 38.3 Å². The molecule has 1 aromatic heterocycles. The van der Waals surface area contributed by atoms with Gasteiger partial charge in [0.25, 0.3) is 0 Å². The second-order valence-corrected chi connectivity index (χ2v) is 5.54. The van der Waals surface area contributed by atoms with Crippen LogP contribution in [-0.4, -0.2) is 45.8 Å². The smallest absolute Gasteiger partial charge is 0.105 e. The number of nitrogens with zero attached hydrogens (tertiary/aromatic N) is 3. The van der Waals surface area contributed by atoms with E-state index in [2.05, 4.69) is 21.5 Å². The summed E-state index contributed by atoms with van der Waals surface area (Å²) in [6, 6.07) is 0. The van der Waals surface area contributed by atoms with E-state index in [1.54, 1.807) is 0 Å². The van der Waals surface area contributed by atoms with Crippen molar-refractivity contribution in [1.29, 1.82) is 0 Å². The second-order valence-electron chi connectivity index (χ2n) is 5.54. The Labute approximate surface area is 110 Å². The van der Waals surface area contributed by atoms with Crippen molar-refractivity contribution >= 4 is 0 Å². The molecule has 0 bridgehead atoms. The summed E-state index contributed by atoms with van der Waals surface area (Å²) in [7, 11) is 2.16. The zero-order valence-electron chi connectivity index (χ0n) is 11.5. The number of hydrogen-bond donors (Lipinski definition) is 1. The highest BCUT2D eigenvalue weighted by Gasteiger charge is 2.25. The SMILES string of the molecule is Cc1nccn1CCCN(C)CC1CCCC1O. The molecule has 0 aromatic carbocycles. The van der Waals surface area contributed by atoms with Gasteiger partial charge in [0.2, 0.25) is 0 Å². The van der Waals surface area contributed by atoms with Crippen LogP contribution in [0.4, 0.5) is 0 Å². The van der Waals surface area contributed by atoms with E-state index in [1.165, 1.54) is 12.8 Å². The summed E-state index contributed by atoms with van der Waals surface area (Å²) in [4.78, 5) is 6.58. The first-order chi connectivity index (χ1) is 8.66. The summed E-state index contributed by atoms with van der Waals surface area (Å²) in [5.41, 5.74) is 0. The van der Waals surface area contributed by atoms with Crippen molar-refractivity contribution in [2.45, 2.75) is 45.3 Å². The van der Waals surface area contributed by atoms with E-state index in [4.69, 9.17) is 0 Å². The minimum Gasteiger partial charge on any atom is -0.393 e. The molecule has 18 heavy (non-hydrogen) atoms. The third kappa shape index (κ3) is 3.56. The van der Waals surface area contributed by atoms with E-state index in [0.29, 0.717) is 5.92 Å². The van der Waals surface area contributed by atoms with E-state index in [1.807, 2.05) is 19.3 Å². The lowest BCUT2D eigenvalue weighted by molar-refractivity contribution is 0.109. The molecule has 0 saturated heterocycles. The molecule has 0 amide bonds. The lowest BCUT2D eigenvalue weighted by Gasteiger charge is -2.23. The molecule has 1 fully saturated rings. The van der Waals surface area contributed by atoms with Crippen molar-refractivity contribution in [2.24, 2.45) is 5.92 Å². The van der Waals surface area contributed by atoms with Crippen LogP contribution in [0.15, 0.2) is 12.4 Å². The summed E-state index contributed by atoms with van der Waals surface area (Å²) in [5.74, 6) is 1.58. The first-order valence-corrected chi connectivity index (χ1v) is 7.01. The van der Waals surface area contributed by atoms with Crippen LogP contribution in [0.1, 0.15) is 31.5 Å². The molecule has 2 atom stereocenters. The van der Waals surface area contributed by atoms with Gasteiger partial charge in [-0.25, -0.2) is 4.98 Å². The van der Waals surface area contributed by atoms with Crippen LogP contribution in [0.5, 0.6) is 0 Å². The molecule has 4 heteroatoms. The van der Waals surface area contributed by atoms with E-state index >= 15 is 0 Å². The molecule has 1 aromatic rings. The molecule has 0 radical (unpaired) electrons. The van der Waals surface area contributed by atoms with Gasteiger partial charge in [0.15, 0.2) is 0 Å².